The van der Waals surface area contributed by atoms with E-state index in [2.05, 4.69) is 0 Å². The van der Waals surface area contributed by atoms with Crippen LogP contribution in [0, 0.1) is 0 Å². The first-order valence-electron chi connectivity index (χ1n) is 6.72. The molecule has 0 unspecified atom stereocenters. The zero-order chi connectivity index (χ0) is 15.0. The van der Waals surface area contributed by atoms with E-state index in [-0.39, 0.29) is 11.5 Å². The molecule has 5 nitrogen and oxygen atoms in total. The van der Waals surface area contributed by atoms with Crippen LogP contribution < -0.4 is 15.2 Å². The summed E-state index contributed by atoms with van der Waals surface area (Å²) in [6.45, 7) is 2.55. The van der Waals surface area contributed by atoms with Crippen LogP contribution in [0.2, 0.25) is 0 Å². The number of hydrogen-bond acceptors (Lipinski definition) is 5. The minimum atomic E-state index is -2.92. The SMILES string of the molecule is CCS(=O)(=O)CCCOc1ccc(OC)cc1CCN. The highest BCUT2D eigenvalue weighted by molar-refractivity contribution is 7.91. The Balaban J connectivity index is 2.58. The molecule has 1 aromatic carbocycles. The van der Waals surface area contributed by atoms with Gasteiger partial charge in [0.05, 0.1) is 19.5 Å². The van der Waals surface area contributed by atoms with Crippen LogP contribution in [-0.2, 0) is 16.3 Å². The van der Waals surface area contributed by atoms with Gasteiger partial charge in [-0.25, -0.2) is 8.42 Å². The van der Waals surface area contributed by atoms with E-state index in [0.717, 1.165) is 17.1 Å². The van der Waals surface area contributed by atoms with Crippen molar-refractivity contribution in [2.24, 2.45) is 5.73 Å². The van der Waals surface area contributed by atoms with E-state index < -0.39 is 9.84 Å². The van der Waals surface area contributed by atoms with Crippen molar-refractivity contribution in [2.45, 2.75) is 19.8 Å². The van der Waals surface area contributed by atoms with Crippen molar-refractivity contribution in [1.29, 1.82) is 0 Å². The van der Waals surface area contributed by atoms with E-state index in [1.807, 2.05) is 18.2 Å². The van der Waals surface area contributed by atoms with Gasteiger partial charge in [0, 0.05) is 5.75 Å². The van der Waals surface area contributed by atoms with Gasteiger partial charge >= 0.3 is 0 Å². The van der Waals surface area contributed by atoms with Gasteiger partial charge in [-0.05, 0) is 43.1 Å². The number of hydrogen-bond donors (Lipinski definition) is 1. The average Bonchev–Trinajstić information content (AvgIpc) is 2.45. The largest absolute Gasteiger partial charge is 0.497 e. The van der Waals surface area contributed by atoms with Crippen molar-refractivity contribution in [1.82, 2.24) is 0 Å². The number of sulfone groups is 1. The van der Waals surface area contributed by atoms with Gasteiger partial charge in [0.2, 0.25) is 0 Å². The third-order valence-corrected chi connectivity index (χ3v) is 4.77. The molecule has 0 aliphatic rings. The van der Waals surface area contributed by atoms with Crippen LogP contribution in [0.5, 0.6) is 11.5 Å². The second kappa shape index (κ2) is 8.11. The molecular formula is C14H23NO4S. The Morgan fingerprint density at radius 3 is 2.65 bits per heavy atom. The molecule has 0 heterocycles. The summed E-state index contributed by atoms with van der Waals surface area (Å²) >= 11 is 0. The fourth-order valence-electron chi connectivity index (χ4n) is 1.78. The lowest BCUT2D eigenvalue weighted by Crippen LogP contribution is -2.12. The Morgan fingerprint density at radius 2 is 2.05 bits per heavy atom. The van der Waals surface area contributed by atoms with Crippen molar-refractivity contribution >= 4 is 9.84 Å². The highest BCUT2D eigenvalue weighted by Crippen LogP contribution is 2.24. The van der Waals surface area contributed by atoms with Crippen LogP contribution in [-0.4, -0.2) is 40.2 Å². The number of nitrogens with two attached hydrogens (primary N) is 1. The Hall–Kier alpha value is -1.27. The molecule has 0 amide bonds. The van der Waals surface area contributed by atoms with Gasteiger partial charge in [-0.15, -0.1) is 0 Å². The smallest absolute Gasteiger partial charge is 0.150 e. The minimum Gasteiger partial charge on any atom is -0.497 e. The van der Waals surface area contributed by atoms with Crippen molar-refractivity contribution in [3.8, 4) is 11.5 Å². The van der Waals surface area contributed by atoms with Gasteiger partial charge in [0.25, 0.3) is 0 Å². The lowest BCUT2D eigenvalue weighted by molar-refractivity contribution is 0.313. The van der Waals surface area contributed by atoms with Crippen LogP contribution in [0.15, 0.2) is 18.2 Å². The first-order chi connectivity index (χ1) is 9.52. The Labute approximate surface area is 121 Å². The van der Waals surface area contributed by atoms with Crippen LogP contribution in [0.1, 0.15) is 18.9 Å². The van der Waals surface area contributed by atoms with Crippen molar-refractivity contribution in [3.63, 3.8) is 0 Å². The maximum absolute atomic E-state index is 11.4. The summed E-state index contributed by atoms with van der Waals surface area (Å²) in [4.78, 5) is 0. The topological polar surface area (TPSA) is 78.6 Å². The Kier molecular flexibility index (Phi) is 6.81. The van der Waals surface area contributed by atoms with Gasteiger partial charge in [-0.2, -0.15) is 0 Å². The maximum Gasteiger partial charge on any atom is 0.150 e. The molecule has 0 atom stereocenters. The van der Waals surface area contributed by atoms with Crippen molar-refractivity contribution in [3.05, 3.63) is 23.8 Å². The van der Waals surface area contributed by atoms with Crippen LogP contribution in [0.4, 0.5) is 0 Å². The molecule has 0 saturated carbocycles. The third kappa shape index (κ3) is 5.38. The number of rotatable bonds is 9. The van der Waals surface area contributed by atoms with Crippen molar-refractivity contribution in [2.75, 3.05) is 31.8 Å². The zero-order valence-corrected chi connectivity index (χ0v) is 12.9. The lowest BCUT2D eigenvalue weighted by Gasteiger charge is -2.12. The van der Waals surface area contributed by atoms with Gasteiger partial charge in [0.15, 0.2) is 0 Å². The first-order valence-corrected chi connectivity index (χ1v) is 8.54. The van der Waals surface area contributed by atoms with Crippen LogP contribution in [0.3, 0.4) is 0 Å². The van der Waals surface area contributed by atoms with E-state index in [0.29, 0.717) is 26.0 Å². The molecule has 2 N–H and O–H groups in total. The maximum atomic E-state index is 11.4. The molecule has 0 aromatic heterocycles. The van der Waals surface area contributed by atoms with E-state index in [1.54, 1.807) is 14.0 Å². The second-order valence-electron chi connectivity index (χ2n) is 4.45. The summed E-state index contributed by atoms with van der Waals surface area (Å²) < 4.78 is 33.6. The normalized spacial score (nSPS) is 11.3. The summed E-state index contributed by atoms with van der Waals surface area (Å²) in [5, 5.41) is 0. The zero-order valence-electron chi connectivity index (χ0n) is 12.1. The summed E-state index contributed by atoms with van der Waals surface area (Å²) in [6, 6.07) is 5.54. The Morgan fingerprint density at radius 1 is 1.30 bits per heavy atom. The highest BCUT2D eigenvalue weighted by Gasteiger charge is 2.08. The lowest BCUT2D eigenvalue weighted by atomic mass is 10.1. The molecule has 114 valence electrons. The standard InChI is InChI=1S/C14H23NO4S/c1-3-20(16,17)10-4-9-19-14-6-5-13(18-2)11-12(14)7-8-15/h5-6,11H,3-4,7-10,15H2,1-2H3. The molecule has 20 heavy (non-hydrogen) atoms. The van der Waals surface area contributed by atoms with Crippen LogP contribution in [0.25, 0.3) is 0 Å². The highest BCUT2D eigenvalue weighted by atomic mass is 32.2. The summed E-state index contributed by atoms with van der Waals surface area (Å²) in [6.07, 6.45) is 1.18. The van der Waals surface area contributed by atoms with Crippen LogP contribution >= 0.6 is 0 Å². The molecule has 6 heteroatoms. The van der Waals surface area contributed by atoms with Gasteiger partial charge in [0.1, 0.15) is 21.3 Å². The number of methoxy groups -OCH3 is 1. The first kappa shape index (κ1) is 16.8. The summed E-state index contributed by atoms with van der Waals surface area (Å²) in [5.74, 6) is 1.83. The molecule has 0 aliphatic heterocycles. The molecule has 1 rings (SSSR count). The molecule has 1 aromatic rings. The predicted molar refractivity (Wildman–Crippen MR) is 80.2 cm³/mol. The molecule has 0 radical (unpaired) electrons. The summed E-state index contributed by atoms with van der Waals surface area (Å²) in [5.41, 5.74) is 6.55. The van der Waals surface area contributed by atoms with Gasteiger partial charge < -0.3 is 15.2 Å². The average molecular weight is 301 g/mol. The Bertz CT molecular complexity index is 514. The predicted octanol–water partition coefficient (Wildman–Crippen LogP) is 1.40. The third-order valence-electron chi connectivity index (χ3n) is 2.98. The van der Waals surface area contributed by atoms with Crippen molar-refractivity contribution < 1.29 is 17.9 Å². The minimum absolute atomic E-state index is 0.159. The fourth-order valence-corrected chi connectivity index (χ4v) is 2.63. The van der Waals surface area contributed by atoms with E-state index in [9.17, 15) is 8.42 Å². The second-order valence-corrected chi connectivity index (χ2v) is 6.92. The summed E-state index contributed by atoms with van der Waals surface area (Å²) in [7, 11) is -1.32. The monoisotopic (exact) mass is 301 g/mol. The van der Waals surface area contributed by atoms with Gasteiger partial charge in [-0.1, -0.05) is 6.92 Å². The van der Waals surface area contributed by atoms with Gasteiger partial charge in [-0.3, -0.25) is 0 Å². The molecular weight excluding hydrogens is 278 g/mol. The molecule has 0 spiro atoms. The van der Waals surface area contributed by atoms with E-state index in [4.69, 9.17) is 15.2 Å². The number of ether oxygens (including phenoxy) is 2. The number of benzene rings is 1. The fraction of sp³-hybridized carbons (Fsp3) is 0.571. The van der Waals surface area contributed by atoms with E-state index >= 15 is 0 Å². The molecule has 0 aliphatic carbocycles. The van der Waals surface area contributed by atoms with E-state index in [1.165, 1.54) is 0 Å². The molecule has 0 bridgehead atoms. The molecule has 0 fully saturated rings. The quantitative estimate of drug-likeness (QED) is 0.698. The molecule has 0 saturated heterocycles.